The van der Waals surface area contributed by atoms with Crippen molar-refractivity contribution in [2.45, 2.75) is 33.3 Å². The Morgan fingerprint density at radius 1 is 1.22 bits per heavy atom. The Morgan fingerprint density at radius 3 is 2.30 bits per heavy atom. The Bertz CT molecular complexity index is 435. The van der Waals surface area contributed by atoms with Gasteiger partial charge in [-0.05, 0) is 27.7 Å². The second-order valence-electron chi connectivity index (χ2n) is 6.70. The van der Waals surface area contributed by atoms with Gasteiger partial charge in [0.05, 0.1) is 19.8 Å². The average Bonchev–Trinajstić information content (AvgIpc) is 2.44. The van der Waals surface area contributed by atoms with E-state index in [1.54, 1.807) is 4.90 Å². The third-order valence-corrected chi connectivity index (χ3v) is 3.11. The van der Waals surface area contributed by atoms with Crippen LogP contribution in [0, 0.1) is 0 Å². The number of amides is 1. The first-order chi connectivity index (χ1) is 10.7. The molecule has 1 aliphatic heterocycles. The van der Waals surface area contributed by atoms with Crippen LogP contribution in [0.1, 0.15) is 27.7 Å². The lowest BCUT2D eigenvalue weighted by molar-refractivity contribution is 0.0186. The van der Waals surface area contributed by atoms with Crippen molar-refractivity contribution in [3.05, 3.63) is 12.2 Å². The van der Waals surface area contributed by atoms with Crippen molar-refractivity contribution < 1.29 is 14.3 Å². The van der Waals surface area contributed by atoms with E-state index in [1.807, 2.05) is 32.6 Å². The molecule has 0 aromatic carbocycles. The lowest BCUT2D eigenvalue weighted by atomic mass is 10.2. The van der Waals surface area contributed by atoms with Crippen LogP contribution < -0.4 is 5.73 Å². The summed E-state index contributed by atoms with van der Waals surface area (Å²) in [7, 11) is 0. The number of carbonyl (C=O) groups excluding carboxylic acids is 1. The van der Waals surface area contributed by atoms with E-state index in [-0.39, 0.29) is 6.09 Å². The fraction of sp³-hybridized carbons (Fsp3) is 0.750. The number of nitrogens with two attached hydrogens (primary N) is 1. The summed E-state index contributed by atoms with van der Waals surface area (Å²) in [4.78, 5) is 20.0. The van der Waals surface area contributed by atoms with Crippen LogP contribution in [0.3, 0.4) is 0 Å². The zero-order valence-corrected chi connectivity index (χ0v) is 14.8. The standard InChI is InChI=1S/C16H30N4O3/c1-13(2)12-22-11-6-18-14(17)19-7-9-20(10-8-19)15(21)23-16(3,4)5/h1,6-12H2,2-5H3,(H2,17,18). The number of nitrogens with zero attached hydrogens (tertiary/aromatic N) is 3. The monoisotopic (exact) mass is 326 g/mol. The number of aliphatic imine (C=N–C) groups is 1. The minimum absolute atomic E-state index is 0.277. The van der Waals surface area contributed by atoms with Crippen molar-refractivity contribution in [2.75, 3.05) is 45.9 Å². The summed E-state index contributed by atoms with van der Waals surface area (Å²) in [5.41, 5.74) is 6.49. The van der Waals surface area contributed by atoms with Crippen LogP contribution in [0.5, 0.6) is 0 Å². The van der Waals surface area contributed by atoms with Gasteiger partial charge in [-0.2, -0.15) is 0 Å². The maximum atomic E-state index is 12.0. The van der Waals surface area contributed by atoms with Gasteiger partial charge >= 0.3 is 6.09 Å². The van der Waals surface area contributed by atoms with Crippen molar-refractivity contribution in [2.24, 2.45) is 10.7 Å². The van der Waals surface area contributed by atoms with E-state index in [0.29, 0.717) is 51.9 Å². The van der Waals surface area contributed by atoms with Gasteiger partial charge in [0.1, 0.15) is 5.60 Å². The maximum absolute atomic E-state index is 12.0. The second-order valence-corrected chi connectivity index (χ2v) is 6.70. The van der Waals surface area contributed by atoms with E-state index in [2.05, 4.69) is 11.6 Å². The van der Waals surface area contributed by atoms with E-state index in [9.17, 15) is 4.79 Å². The molecule has 0 radical (unpaired) electrons. The topological polar surface area (TPSA) is 80.4 Å². The van der Waals surface area contributed by atoms with Gasteiger partial charge in [-0.25, -0.2) is 4.79 Å². The molecular weight excluding hydrogens is 296 g/mol. The SMILES string of the molecule is C=C(C)COCCN=C(N)N1CCN(C(=O)OC(C)(C)C)CC1. The molecule has 0 aromatic rings. The Balaban J connectivity index is 2.31. The minimum Gasteiger partial charge on any atom is -0.444 e. The highest BCUT2D eigenvalue weighted by Gasteiger charge is 2.26. The third-order valence-electron chi connectivity index (χ3n) is 3.11. The van der Waals surface area contributed by atoms with Gasteiger partial charge < -0.3 is 25.0 Å². The average molecular weight is 326 g/mol. The van der Waals surface area contributed by atoms with Crippen LogP contribution in [0.2, 0.25) is 0 Å². The third kappa shape index (κ3) is 7.88. The molecule has 1 rings (SSSR count). The summed E-state index contributed by atoms with van der Waals surface area (Å²) in [5, 5.41) is 0. The minimum atomic E-state index is -0.474. The molecule has 1 saturated heterocycles. The Hall–Kier alpha value is -1.76. The van der Waals surface area contributed by atoms with Gasteiger partial charge in [-0.3, -0.25) is 4.99 Å². The molecule has 7 heteroatoms. The van der Waals surface area contributed by atoms with Crippen molar-refractivity contribution in [3.8, 4) is 0 Å². The summed E-state index contributed by atoms with van der Waals surface area (Å²) < 4.78 is 10.7. The number of piperazine rings is 1. The summed E-state index contributed by atoms with van der Waals surface area (Å²) >= 11 is 0. The van der Waals surface area contributed by atoms with Gasteiger partial charge in [-0.1, -0.05) is 12.2 Å². The molecule has 0 saturated carbocycles. The maximum Gasteiger partial charge on any atom is 0.410 e. The zero-order valence-electron chi connectivity index (χ0n) is 14.8. The quantitative estimate of drug-likeness (QED) is 0.358. The van der Waals surface area contributed by atoms with Gasteiger partial charge in [0.2, 0.25) is 0 Å². The molecular formula is C16H30N4O3. The molecule has 0 aliphatic carbocycles. The number of hydrogen-bond acceptors (Lipinski definition) is 4. The molecule has 2 N–H and O–H groups in total. The lowest BCUT2D eigenvalue weighted by Crippen LogP contribution is -2.53. The van der Waals surface area contributed by atoms with Crippen LogP contribution in [-0.4, -0.2) is 73.4 Å². The number of hydrogen-bond donors (Lipinski definition) is 1. The Kier molecular flexibility index (Phi) is 7.35. The van der Waals surface area contributed by atoms with Gasteiger partial charge in [0.25, 0.3) is 0 Å². The highest BCUT2D eigenvalue weighted by molar-refractivity contribution is 5.78. The number of guanidine groups is 1. The summed E-state index contributed by atoms with van der Waals surface area (Å²) in [6.07, 6.45) is -0.277. The predicted molar refractivity (Wildman–Crippen MR) is 91.5 cm³/mol. The summed E-state index contributed by atoms with van der Waals surface area (Å²) in [5.74, 6) is 0.493. The number of carbonyl (C=O) groups is 1. The van der Waals surface area contributed by atoms with Crippen LogP contribution in [0.15, 0.2) is 17.1 Å². The van der Waals surface area contributed by atoms with Gasteiger partial charge in [-0.15, -0.1) is 0 Å². The van der Waals surface area contributed by atoms with Crippen molar-refractivity contribution >= 4 is 12.1 Å². The molecule has 1 fully saturated rings. The normalized spacial score (nSPS) is 16.4. The van der Waals surface area contributed by atoms with Crippen LogP contribution in [0.4, 0.5) is 4.79 Å². The Labute approximate surface area is 139 Å². The van der Waals surface area contributed by atoms with Crippen LogP contribution >= 0.6 is 0 Å². The smallest absolute Gasteiger partial charge is 0.410 e. The highest BCUT2D eigenvalue weighted by atomic mass is 16.6. The molecule has 1 amide bonds. The van der Waals surface area contributed by atoms with E-state index in [0.717, 1.165) is 5.57 Å². The van der Waals surface area contributed by atoms with E-state index in [4.69, 9.17) is 15.2 Å². The molecule has 7 nitrogen and oxygen atoms in total. The molecule has 0 bridgehead atoms. The first kappa shape index (κ1) is 19.3. The van der Waals surface area contributed by atoms with Crippen LogP contribution in [0.25, 0.3) is 0 Å². The van der Waals surface area contributed by atoms with E-state index >= 15 is 0 Å². The fourth-order valence-corrected chi connectivity index (χ4v) is 2.02. The fourth-order valence-electron chi connectivity index (χ4n) is 2.02. The summed E-state index contributed by atoms with van der Waals surface area (Å²) in [6.45, 7) is 15.3. The van der Waals surface area contributed by atoms with E-state index < -0.39 is 5.60 Å². The number of ether oxygens (including phenoxy) is 2. The van der Waals surface area contributed by atoms with Gasteiger partial charge in [0, 0.05) is 26.2 Å². The molecule has 23 heavy (non-hydrogen) atoms. The molecule has 1 aliphatic rings. The molecule has 0 spiro atoms. The molecule has 1 heterocycles. The zero-order chi connectivity index (χ0) is 17.5. The second kappa shape index (κ2) is 8.76. The molecule has 0 atom stereocenters. The largest absolute Gasteiger partial charge is 0.444 e. The summed E-state index contributed by atoms with van der Waals surface area (Å²) in [6, 6.07) is 0. The number of rotatable bonds is 5. The first-order valence-corrected chi connectivity index (χ1v) is 7.94. The van der Waals surface area contributed by atoms with Crippen molar-refractivity contribution in [1.82, 2.24) is 9.80 Å². The molecule has 0 unspecified atom stereocenters. The highest BCUT2D eigenvalue weighted by Crippen LogP contribution is 2.11. The van der Waals surface area contributed by atoms with Gasteiger partial charge in [0.15, 0.2) is 5.96 Å². The molecule has 0 aromatic heterocycles. The van der Waals surface area contributed by atoms with E-state index in [1.165, 1.54) is 0 Å². The van der Waals surface area contributed by atoms with Crippen molar-refractivity contribution in [1.29, 1.82) is 0 Å². The van der Waals surface area contributed by atoms with Crippen molar-refractivity contribution in [3.63, 3.8) is 0 Å². The lowest BCUT2D eigenvalue weighted by Gasteiger charge is -2.36. The van der Waals surface area contributed by atoms with Crippen LogP contribution in [-0.2, 0) is 9.47 Å². The predicted octanol–water partition coefficient (Wildman–Crippen LogP) is 1.45. The Morgan fingerprint density at radius 2 is 1.78 bits per heavy atom. The molecule has 132 valence electrons. The first-order valence-electron chi connectivity index (χ1n) is 7.94.